The first-order chi connectivity index (χ1) is 12.8. The van der Waals surface area contributed by atoms with Crippen LogP contribution in [-0.2, 0) is 11.3 Å². The van der Waals surface area contributed by atoms with Gasteiger partial charge in [-0.15, -0.1) is 10.2 Å². The average molecular weight is 347 g/mol. The van der Waals surface area contributed by atoms with E-state index in [9.17, 15) is 4.79 Å². The van der Waals surface area contributed by atoms with Crippen molar-refractivity contribution in [2.45, 2.75) is 6.61 Å². The molecule has 0 radical (unpaired) electrons. The molecule has 0 fully saturated rings. The van der Waals surface area contributed by atoms with Crippen molar-refractivity contribution in [1.29, 1.82) is 0 Å². The van der Waals surface area contributed by atoms with Crippen LogP contribution in [0.2, 0.25) is 0 Å². The van der Waals surface area contributed by atoms with Gasteiger partial charge in [-0.2, -0.15) is 5.10 Å². The number of rotatable bonds is 5. The van der Waals surface area contributed by atoms with Gasteiger partial charge < -0.3 is 9.15 Å². The molecule has 2 aromatic carbocycles. The van der Waals surface area contributed by atoms with E-state index in [0.29, 0.717) is 11.5 Å². The Morgan fingerprint density at radius 1 is 1.04 bits per heavy atom. The van der Waals surface area contributed by atoms with E-state index >= 15 is 0 Å². The van der Waals surface area contributed by atoms with Gasteiger partial charge in [-0.3, -0.25) is 0 Å². The molecule has 128 valence electrons. The van der Waals surface area contributed by atoms with Crippen molar-refractivity contribution in [3.05, 3.63) is 78.7 Å². The van der Waals surface area contributed by atoms with Crippen LogP contribution >= 0.6 is 0 Å². The van der Waals surface area contributed by atoms with Crippen molar-refractivity contribution in [2.75, 3.05) is 0 Å². The zero-order valence-corrected chi connectivity index (χ0v) is 13.5. The van der Waals surface area contributed by atoms with Gasteiger partial charge in [0.2, 0.25) is 5.89 Å². The molecule has 0 saturated heterocycles. The van der Waals surface area contributed by atoms with Gasteiger partial charge in [0.15, 0.2) is 6.61 Å². The number of hydrogen-bond donors (Lipinski definition) is 0. The topological polar surface area (TPSA) is 95.9 Å². The van der Waals surface area contributed by atoms with Gasteiger partial charge in [0.05, 0.1) is 11.3 Å². The van der Waals surface area contributed by atoms with Crippen LogP contribution in [0.3, 0.4) is 0 Å². The average Bonchev–Trinajstić information content (AvgIpc) is 3.39. The van der Waals surface area contributed by atoms with E-state index in [-0.39, 0.29) is 12.5 Å². The molecular formula is C18H13N5O3. The third-order valence-corrected chi connectivity index (χ3v) is 3.60. The van der Waals surface area contributed by atoms with E-state index in [4.69, 9.17) is 9.15 Å². The molecule has 26 heavy (non-hydrogen) atoms. The number of carbonyl (C=O) groups is 1. The van der Waals surface area contributed by atoms with E-state index in [1.54, 1.807) is 35.3 Å². The molecule has 8 heteroatoms. The molecule has 0 bridgehead atoms. The highest BCUT2D eigenvalue weighted by atomic mass is 16.5. The van der Waals surface area contributed by atoms with Crippen molar-refractivity contribution in [1.82, 2.24) is 25.0 Å². The second-order valence-electron chi connectivity index (χ2n) is 5.33. The number of carbonyl (C=O) groups excluding carboxylic acids is 1. The molecule has 2 aromatic heterocycles. The van der Waals surface area contributed by atoms with E-state index < -0.39 is 5.97 Å². The summed E-state index contributed by atoms with van der Waals surface area (Å²) in [7, 11) is 0. The Balaban J connectivity index is 1.39. The highest BCUT2D eigenvalue weighted by Gasteiger charge is 2.12. The fourth-order valence-electron chi connectivity index (χ4n) is 2.31. The van der Waals surface area contributed by atoms with Crippen LogP contribution in [0.4, 0.5) is 0 Å². The summed E-state index contributed by atoms with van der Waals surface area (Å²) in [6.45, 7) is -0.0938. The van der Waals surface area contributed by atoms with Gasteiger partial charge in [0.1, 0.15) is 12.7 Å². The fraction of sp³-hybridized carbons (Fsp3) is 0.0556. The number of esters is 1. The number of benzene rings is 2. The maximum absolute atomic E-state index is 12.1. The Bertz CT molecular complexity index is 995. The zero-order valence-electron chi connectivity index (χ0n) is 13.5. The Morgan fingerprint density at radius 3 is 2.58 bits per heavy atom. The number of hydrogen-bond acceptors (Lipinski definition) is 7. The van der Waals surface area contributed by atoms with E-state index in [0.717, 1.165) is 11.3 Å². The highest BCUT2D eigenvalue weighted by Crippen LogP contribution is 2.17. The van der Waals surface area contributed by atoms with Gasteiger partial charge in [0, 0.05) is 5.56 Å². The summed E-state index contributed by atoms with van der Waals surface area (Å²) >= 11 is 0. The van der Waals surface area contributed by atoms with Crippen molar-refractivity contribution >= 4 is 5.97 Å². The largest absolute Gasteiger partial charge is 0.452 e. The Morgan fingerprint density at radius 2 is 1.85 bits per heavy atom. The Labute approximate surface area is 148 Å². The molecule has 0 N–H and O–H groups in total. The minimum atomic E-state index is -0.477. The molecule has 0 aliphatic carbocycles. The third kappa shape index (κ3) is 3.34. The van der Waals surface area contributed by atoms with Gasteiger partial charge in [-0.25, -0.2) is 14.5 Å². The van der Waals surface area contributed by atoms with Crippen molar-refractivity contribution in [3.63, 3.8) is 0 Å². The van der Waals surface area contributed by atoms with Gasteiger partial charge in [-0.1, -0.05) is 18.2 Å². The predicted octanol–water partition coefficient (Wildman–Crippen LogP) is 2.67. The Kier molecular flexibility index (Phi) is 4.21. The molecule has 0 aliphatic heterocycles. The second-order valence-corrected chi connectivity index (χ2v) is 5.33. The lowest BCUT2D eigenvalue weighted by Crippen LogP contribution is -2.06. The molecule has 0 aliphatic rings. The lowest BCUT2D eigenvalue weighted by atomic mass is 10.2. The summed E-state index contributed by atoms with van der Waals surface area (Å²) in [6.07, 6.45) is 3.02. The van der Waals surface area contributed by atoms with Crippen molar-refractivity contribution in [2.24, 2.45) is 0 Å². The van der Waals surface area contributed by atoms with E-state index in [1.165, 1.54) is 6.33 Å². The quantitative estimate of drug-likeness (QED) is 0.512. The number of aromatic nitrogens is 5. The fourth-order valence-corrected chi connectivity index (χ4v) is 2.31. The molecule has 8 nitrogen and oxygen atoms in total. The lowest BCUT2D eigenvalue weighted by molar-refractivity contribution is 0.0438. The molecule has 0 unspecified atom stereocenters. The molecule has 4 aromatic rings. The van der Waals surface area contributed by atoms with Gasteiger partial charge in [-0.05, 0) is 36.4 Å². The van der Waals surface area contributed by atoms with Crippen LogP contribution in [-0.4, -0.2) is 30.9 Å². The van der Waals surface area contributed by atoms with Crippen molar-refractivity contribution < 1.29 is 13.9 Å². The van der Waals surface area contributed by atoms with Crippen LogP contribution in [0.15, 0.2) is 71.7 Å². The van der Waals surface area contributed by atoms with Crippen LogP contribution in [0.25, 0.3) is 17.1 Å². The summed E-state index contributed by atoms with van der Waals surface area (Å²) in [5.74, 6) is 0.139. The van der Waals surface area contributed by atoms with Crippen LogP contribution in [0.1, 0.15) is 16.2 Å². The first-order valence-electron chi connectivity index (χ1n) is 7.79. The summed E-state index contributed by atoms with van der Waals surface area (Å²) < 4.78 is 12.3. The molecule has 0 spiro atoms. The molecule has 4 rings (SSSR count). The first kappa shape index (κ1) is 15.7. The van der Waals surface area contributed by atoms with Gasteiger partial charge in [0.25, 0.3) is 5.89 Å². The van der Waals surface area contributed by atoms with E-state index in [1.807, 2.05) is 30.3 Å². The monoisotopic (exact) mass is 347 g/mol. The van der Waals surface area contributed by atoms with Crippen molar-refractivity contribution in [3.8, 4) is 17.1 Å². The van der Waals surface area contributed by atoms with E-state index in [2.05, 4.69) is 20.3 Å². The minimum absolute atomic E-state index is 0.0938. The standard InChI is InChI=1S/C18H13N5O3/c24-18(14-6-8-15(9-7-14)23-12-19-11-20-23)25-10-16-21-22-17(26-16)13-4-2-1-3-5-13/h1-9,11-12H,10H2. The summed E-state index contributed by atoms with van der Waals surface area (Å²) in [5.41, 5.74) is 2.02. The highest BCUT2D eigenvalue weighted by molar-refractivity contribution is 5.89. The molecule has 0 atom stereocenters. The number of nitrogens with zero attached hydrogens (tertiary/aromatic N) is 5. The van der Waals surface area contributed by atoms with Crippen LogP contribution in [0, 0.1) is 0 Å². The predicted molar refractivity (Wildman–Crippen MR) is 90.2 cm³/mol. The summed E-state index contributed by atoms with van der Waals surface area (Å²) in [6, 6.07) is 16.2. The zero-order chi connectivity index (χ0) is 17.8. The summed E-state index contributed by atoms with van der Waals surface area (Å²) in [4.78, 5) is 16.0. The third-order valence-electron chi connectivity index (χ3n) is 3.60. The second kappa shape index (κ2) is 6.98. The first-order valence-corrected chi connectivity index (χ1v) is 7.79. The molecule has 0 amide bonds. The number of ether oxygens (including phenoxy) is 1. The molecule has 2 heterocycles. The molecule has 0 saturated carbocycles. The maximum Gasteiger partial charge on any atom is 0.338 e. The smallest absolute Gasteiger partial charge is 0.338 e. The Hall–Kier alpha value is -3.81. The molecular weight excluding hydrogens is 334 g/mol. The van der Waals surface area contributed by atoms with Gasteiger partial charge >= 0.3 is 5.97 Å². The normalized spacial score (nSPS) is 10.6. The lowest BCUT2D eigenvalue weighted by Gasteiger charge is -2.04. The SMILES string of the molecule is O=C(OCc1nnc(-c2ccccc2)o1)c1ccc(-n2cncn2)cc1. The maximum atomic E-state index is 12.1. The van der Waals surface area contributed by atoms with Crippen LogP contribution in [0.5, 0.6) is 0 Å². The minimum Gasteiger partial charge on any atom is -0.452 e. The van der Waals surface area contributed by atoms with Crippen LogP contribution < -0.4 is 0 Å². The summed E-state index contributed by atoms with van der Waals surface area (Å²) in [5, 5.41) is 11.9.